The normalized spacial score (nSPS) is 10.2. The van der Waals surface area contributed by atoms with E-state index in [4.69, 9.17) is 9.47 Å². The first-order chi connectivity index (χ1) is 9.60. The molecule has 0 N–H and O–H groups in total. The van der Waals surface area contributed by atoms with Crippen molar-refractivity contribution in [3.63, 3.8) is 0 Å². The van der Waals surface area contributed by atoms with Crippen LogP contribution in [0.5, 0.6) is 11.5 Å². The highest BCUT2D eigenvalue weighted by atomic mass is 19.1. The Bertz CT molecular complexity index is 623. The summed E-state index contributed by atoms with van der Waals surface area (Å²) in [4.78, 5) is 11.5. The van der Waals surface area contributed by atoms with Crippen molar-refractivity contribution in [3.05, 3.63) is 59.4 Å². The van der Waals surface area contributed by atoms with Gasteiger partial charge in [-0.1, -0.05) is 12.1 Å². The number of carbonyl (C=O) groups is 1. The highest BCUT2D eigenvalue weighted by molar-refractivity contribution is 5.96. The number of methoxy groups -OCH3 is 1. The van der Waals surface area contributed by atoms with E-state index in [2.05, 4.69) is 0 Å². The van der Waals surface area contributed by atoms with Crippen molar-refractivity contribution in [1.82, 2.24) is 0 Å². The van der Waals surface area contributed by atoms with Crippen LogP contribution < -0.4 is 9.47 Å². The third kappa shape index (κ3) is 3.35. The average molecular weight is 274 g/mol. The lowest BCUT2D eigenvalue weighted by Crippen LogP contribution is -2.02. The third-order valence-electron chi connectivity index (χ3n) is 2.85. The minimum atomic E-state index is -0.435. The molecule has 0 unspecified atom stereocenters. The summed E-state index contributed by atoms with van der Waals surface area (Å²) in [6.07, 6.45) is 0. The van der Waals surface area contributed by atoms with Crippen molar-refractivity contribution < 1.29 is 18.7 Å². The summed E-state index contributed by atoms with van der Waals surface area (Å²) in [6.45, 7) is 1.66. The van der Waals surface area contributed by atoms with Crippen LogP contribution in [0, 0.1) is 5.82 Å². The van der Waals surface area contributed by atoms with Crippen molar-refractivity contribution in [3.8, 4) is 11.5 Å². The molecule has 0 spiro atoms. The van der Waals surface area contributed by atoms with Gasteiger partial charge in [-0.2, -0.15) is 0 Å². The quantitative estimate of drug-likeness (QED) is 0.781. The summed E-state index contributed by atoms with van der Waals surface area (Å²) in [6, 6.07) is 11.3. The molecule has 0 radical (unpaired) electrons. The van der Waals surface area contributed by atoms with Gasteiger partial charge in [-0.05, 0) is 36.8 Å². The van der Waals surface area contributed by atoms with Crippen molar-refractivity contribution >= 4 is 5.78 Å². The van der Waals surface area contributed by atoms with Gasteiger partial charge in [-0.25, -0.2) is 4.39 Å². The molecule has 2 aromatic carbocycles. The van der Waals surface area contributed by atoms with Gasteiger partial charge in [0.1, 0.15) is 23.9 Å². The fourth-order valence-electron chi connectivity index (χ4n) is 1.83. The number of ketones is 1. The molecule has 0 heterocycles. The summed E-state index contributed by atoms with van der Waals surface area (Å²) in [5.41, 5.74) is 1.25. The largest absolute Gasteiger partial charge is 0.497 e. The van der Waals surface area contributed by atoms with Crippen LogP contribution >= 0.6 is 0 Å². The average Bonchev–Trinajstić information content (AvgIpc) is 2.45. The maximum Gasteiger partial charge on any atom is 0.163 e. The fraction of sp³-hybridized carbons (Fsp3) is 0.188. The Morgan fingerprint density at radius 3 is 2.70 bits per heavy atom. The number of hydrogen-bond acceptors (Lipinski definition) is 3. The van der Waals surface area contributed by atoms with E-state index in [9.17, 15) is 9.18 Å². The Kier molecular flexibility index (Phi) is 4.35. The molecule has 2 aromatic rings. The predicted octanol–water partition coefficient (Wildman–Crippen LogP) is 3.62. The van der Waals surface area contributed by atoms with Crippen LogP contribution in [0.25, 0.3) is 0 Å². The number of halogens is 1. The van der Waals surface area contributed by atoms with E-state index >= 15 is 0 Å². The second kappa shape index (κ2) is 6.19. The molecule has 0 atom stereocenters. The van der Waals surface area contributed by atoms with Gasteiger partial charge in [0, 0.05) is 6.07 Å². The lowest BCUT2D eigenvalue weighted by molar-refractivity contribution is 0.101. The van der Waals surface area contributed by atoms with Crippen LogP contribution in [0.2, 0.25) is 0 Å². The zero-order valence-electron chi connectivity index (χ0n) is 11.4. The van der Waals surface area contributed by atoms with E-state index < -0.39 is 5.82 Å². The van der Waals surface area contributed by atoms with Crippen LogP contribution in [0.4, 0.5) is 4.39 Å². The second-order valence-electron chi connectivity index (χ2n) is 4.34. The molecule has 2 rings (SSSR count). The summed E-state index contributed by atoms with van der Waals surface area (Å²) in [7, 11) is 1.58. The topological polar surface area (TPSA) is 35.5 Å². The number of hydrogen-bond donors (Lipinski definition) is 0. The standard InChI is InChI=1S/C16H15FO3/c1-11(18)15-7-6-13(17)9-16(15)20-10-12-4-3-5-14(8-12)19-2/h3-9H,10H2,1-2H3. The minimum absolute atomic E-state index is 0.161. The predicted molar refractivity (Wildman–Crippen MR) is 73.7 cm³/mol. The Labute approximate surface area is 117 Å². The van der Waals surface area contributed by atoms with Gasteiger partial charge < -0.3 is 9.47 Å². The van der Waals surface area contributed by atoms with Gasteiger partial charge in [0.25, 0.3) is 0 Å². The molecule has 3 nitrogen and oxygen atoms in total. The molecule has 0 aliphatic heterocycles. The Hall–Kier alpha value is -2.36. The van der Waals surface area contributed by atoms with E-state index in [1.54, 1.807) is 7.11 Å². The van der Waals surface area contributed by atoms with Crippen molar-refractivity contribution in [1.29, 1.82) is 0 Å². The Balaban J connectivity index is 2.17. The monoisotopic (exact) mass is 274 g/mol. The number of Topliss-reactive ketones (excluding diaryl/α,β-unsaturated/α-hetero) is 1. The van der Waals surface area contributed by atoms with Crippen molar-refractivity contribution in [2.45, 2.75) is 13.5 Å². The number of ether oxygens (including phenoxy) is 2. The molecule has 20 heavy (non-hydrogen) atoms. The highest BCUT2D eigenvalue weighted by Crippen LogP contribution is 2.22. The molecule has 0 saturated carbocycles. The van der Waals surface area contributed by atoms with Gasteiger partial charge in [-0.15, -0.1) is 0 Å². The maximum atomic E-state index is 13.2. The first-order valence-corrected chi connectivity index (χ1v) is 6.16. The highest BCUT2D eigenvalue weighted by Gasteiger charge is 2.10. The molecule has 0 amide bonds. The van der Waals surface area contributed by atoms with E-state index in [0.717, 1.165) is 11.3 Å². The van der Waals surface area contributed by atoms with Crippen LogP contribution in [0.3, 0.4) is 0 Å². The molecule has 0 bridgehead atoms. The van der Waals surface area contributed by atoms with Gasteiger partial charge in [-0.3, -0.25) is 4.79 Å². The van der Waals surface area contributed by atoms with E-state index in [-0.39, 0.29) is 18.1 Å². The van der Waals surface area contributed by atoms with Crippen molar-refractivity contribution in [2.24, 2.45) is 0 Å². The molecule has 104 valence electrons. The summed E-state index contributed by atoms with van der Waals surface area (Å²) >= 11 is 0. The molecule has 0 aliphatic rings. The lowest BCUT2D eigenvalue weighted by Gasteiger charge is -2.10. The van der Waals surface area contributed by atoms with Gasteiger partial charge in [0.05, 0.1) is 12.7 Å². The van der Waals surface area contributed by atoms with E-state index in [0.29, 0.717) is 5.56 Å². The molecule has 0 aliphatic carbocycles. The lowest BCUT2D eigenvalue weighted by atomic mass is 10.1. The molecular weight excluding hydrogens is 259 g/mol. The molecule has 0 fully saturated rings. The second-order valence-corrected chi connectivity index (χ2v) is 4.34. The smallest absolute Gasteiger partial charge is 0.163 e. The Morgan fingerprint density at radius 1 is 1.20 bits per heavy atom. The maximum absolute atomic E-state index is 13.2. The van der Waals surface area contributed by atoms with E-state index in [1.165, 1.54) is 25.1 Å². The zero-order chi connectivity index (χ0) is 14.5. The van der Waals surface area contributed by atoms with Gasteiger partial charge in [0.2, 0.25) is 0 Å². The van der Waals surface area contributed by atoms with Gasteiger partial charge in [0.15, 0.2) is 5.78 Å². The molecular formula is C16H15FO3. The van der Waals surface area contributed by atoms with Gasteiger partial charge >= 0.3 is 0 Å². The Morgan fingerprint density at radius 2 is 2.00 bits per heavy atom. The number of carbonyl (C=O) groups excluding carboxylic acids is 1. The summed E-state index contributed by atoms with van der Waals surface area (Å²) in [5, 5.41) is 0. The number of rotatable bonds is 5. The zero-order valence-corrected chi connectivity index (χ0v) is 11.4. The van der Waals surface area contributed by atoms with Crippen molar-refractivity contribution in [2.75, 3.05) is 7.11 Å². The van der Waals surface area contributed by atoms with Crippen LogP contribution in [0.15, 0.2) is 42.5 Å². The van der Waals surface area contributed by atoms with E-state index in [1.807, 2.05) is 24.3 Å². The van der Waals surface area contributed by atoms with Crippen LogP contribution in [0.1, 0.15) is 22.8 Å². The summed E-state index contributed by atoms with van der Waals surface area (Å²) < 4.78 is 23.9. The summed E-state index contributed by atoms with van der Waals surface area (Å²) in [5.74, 6) is 0.374. The molecule has 0 saturated heterocycles. The fourth-order valence-corrected chi connectivity index (χ4v) is 1.83. The SMILES string of the molecule is COc1cccc(COc2cc(F)ccc2C(C)=O)c1. The van der Waals surface area contributed by atoms with Crippen LogP contribution in [-0.4, -0.2) is 12.9 Å². The molecule has 0 aromatic heterocycles. The third-order valence-corrected chi connectivity index (χ3v) is 2.85. The minimum Gasteiger partial charge on any atom is -0.497 e. The first-order valence-electron chi connectivity index (χ1n) is 6.16. The number of benzene rings is 2. The molecule has 4 heteroatoms. The van der Waals surface area contributed by atoms with Crippen LogP contribution in [-0.2, 0) is 6.61 Å². The first kappa shape index (κ1) is 14.1.